The van der Waals surface area contributed by atoms with Crippen molar-refractivity contribution in [3.05, 3.63) is 0 Å². The highest BCUT2D eigenvalue weighted by Gasteiger charge is 1.56. The molecule has 0 aliphatic carbocycles. The fourth-order valence-corrected chi connectivity index (χ4v) is 0.562. The monoisotopic (exact) mass is 121 g/mol. The van der Waals surface area contributed by atoms with Crippen LogP contribution in [0.1, 0.15) is 4.11 Å². The lowest BCUT2D eigenvalue weighted by Gasteiger charge is -1.64. The summed E-state index contributed by atoms with van der Waals surface area (Å²) in [5.41, 5.74) is 0. The molecule has 2 heteroatoms. The first-order valence-electron chi connectivity index (χ1n) is 2.77. The quantitative estimate of drug-likeness (QED) is 0.447. The van der Waals surface area contributed by atoms with Crippen molar-refractivity contribution < 1.29 is 4.11 Å². The molecule has 0 N–H and O–H groups in total. The van der Waals surface area contributed by atoms with Crippen molar-refractivity contribution in [2.75, 3.05) is 12.4 Å². The third-order valence-electron chi connectivity index (χ3n) is 0.195. The summed E-state index contributed by atoms with van der Waals surface area (Å²) in [6.07, 6.45) is -0.171. The molecule has 0 unspecified atom stereocenters. The minimum atomic E-state index is -1.97. The lowest BCUT2D eigenvalue weighted by molar-refractivity contribution is 2.49. The molecule has 0 aliphatic heterocycles. The lowest BCUT2D eigenvalue weighted by atomic mass is 11.4. The van der Waals surface area contributed by atoms with Crippen molar-refractivity contribution in [2.45, 2.75) is 0 Å². The van der Waals surface area contributed by atoms with Gasteiger partial charge in [-0.15, -0.1) is 0 Å². The van der Waals surface area contributed by atoms with Crippen LogP contribution < -0.4 is 0 Å². The second-order valence-corrected chi connectivity index (χ2v) is 1.53. The predicted octanol–water partition coefficient (Wildman–Crippen LogP) is 1.63. The maximum atomic E-state index is 6.69. The van der Waals surface area contributed by atoms with Gasteiger partial charge in [0.05, 0.1) is 0 Å². The van der Waals surface area contributed by atoms with E-state index in [1.807, 2.05) is 0 Å². The van der Waals surface area contributed by atoms with Gasteiger partial charge >= 0.3 is 0 Å². The van der Waals surface area contributed by atoms with E-state index in [1.54, 1.807) is 6.26 Å². The molecule has 0 bridgehead atoms. The van der Waals surface area contributed by atoms with Crippen LogP contribution in [0.3, 0.4) is 0 Å². The average molecular weight is 121 g/mol. The van der Waals surface area contributed by atoms with E-state index in [2.05, 4.69) is 10.5 Å². The van der Waals surface area contributed by atoms with E-state index in [9.17, 15) is 0 Å². The molecular formula is C4H6S2. The largest absolute Gasteiger partial charge is 0.0776 e. The molecule has 0 fully saturated rings. The van der Waals surface area contributed by atoms with Gasteiger partial charge in [0.1, 0.15) is 0 Å². The van der Waals surface area contributed by atoms with Crippen LogP contribution in [-0.2, 0) is 0 Å². The second kappa shape index (κ2) is 5.26. The first-order valence-corrected chi connectivity index (χ1v) is 3.31. The molecule has 0 radical (unpaired) electrons. The van der Waals surface area contributed by atoms with Crippen LogP contribution in [-0.4, -0.2) is 12.4 Å². The van der Waals surface area contributed by atoms with Crippen LogP contribution >= 0.6 is 23.5 Å². The summed E-state index contributed by atoms with van der Waals surface area (Å²) in [6, 6.07) is 0. The molecule has 0 aromatic heterocycles. The van der Waals surface area contributed by atoms with Crippen LogP contribution in [0.2, 0.25) is 0 Å². The number of hydrogen-bond donors (Lipinski definition) is 0. The minimum absolute atomic E-state index is 0.676. The van der Waals surface area contributed by atoms with Crippen molar-refractivity contribution >= 4 is 23.5 Å². The third kappa shape index (κ3) is 4.26. The third-order valence-corrected chi connectivity index (χ3v) is 0.834. The molecule has 0 aromatic carbocycles. The average Bonchev–Trinajstić information content (AvgIpc) is 1.63. The zero-order valence-electron chi connectivity index (χ0n) is 6.32. The van der Waals surface area contributed by atoms with E-state index in [0.717, 1.165) is 0 Å². The van der Waals surface area contributed by atoms with Crippen LogP contribution in [0.15, 0.2) is 0 Å². The van der Waals surface area contributed by atoms with Gasteiger partial charge in [-0.1, -0.05) is 23.5 Å². The number of rotatable bonds is 0. The SMILES string of the molecule is [2H]C([2H])([2H])SC#CSC. The minimum Gasteiger partial charge on any atom is -0.0776 e. The zero-order valence-corrected chi connectivity index (χ0v) is 4.95. The van der Waals surface area contributed by atoms with Gasteiger partial charge in [0, 0.05) is 4.11 Å². The van der Waals surface area contributed by atoms with E-state index in [-0.39, 0.29) is 0 Å². The molecule has 0 spiro atoms. The van der Waals surface area contributed by atoms with Gasteiger partial charge in [-0.2, -0.15) is 0 Å². The smallest absolute Gasteiger partial charge is 0.0354 e. The molecule has 0 atom stereocenters. The number of hydrogen-bond acceptors (Lipinski definition) is 2. The molecule has 0 amide bonds. The Bertz CT molecular complexity index is 129. The molecule has 0 rings (SSSR count). The first-order chi connectivity index (χ1) is 4.06. The predicted molar refractivity (Wildman–Crippen MR) is 34.8 cm³/mol. The summed E-state index contributed by atoms with van der Waals surface area (Å²) in [6.45, 7) is 0. The van der Waals surface area contributed by atoms with Gasteiger partial charge in [0.15, 0.2) is 0 Å². The van der Waals surface area contributed by atoms with Crippen molar-refractivity contribution in [1.29, 1.82) is 0 Å². The van der Waals surface area contributed by atoms with Crippen molar-refractivity contribution in [3.63, 3.8) is 0 Å². The summed E-state index contributed by atoms with van der Waals surface area (Å²) < 4.78 is 20.1. The van der Waals surface area contributed by atoms with Crippen molar-refractivity contribution in [3.8, 4) is 10.5 Å². The van der Waals surface area contributed by atoms with Gasteiger partial charge in [0.2, 0.25) is 0 Å². The van der Waals surface area contributed by atoms with Gasteiger partial charge in [-0.25, -0.2) is 0 Å². The van der Waals surface area contributed by atoms with Crippen LogP contribution in [0.25, 0.3) is 0 Å². The maximum absolute atomic E-state index is 6.69. The molecule has 6 heavy (non-hydrogen) atoms. The Labute approximate surface area is 51.3 Å². The van der Waals surface area contributed by atoms with Crippen molar-refractivity contribution in [1.82, 2.24) is 0 Å². The van der Waals surface area contributed by atoms with E-state index < -0.39 is 6.18 Å². The Hall–Kier alpha value is 0.260. The molecule has 0 aliphatic rings. The normalized spacial score (nSPS) is 15.8. The Morgan fingerprint density at radius 2 is 2.17 bits per heavy atom. The van der Waals surface area contributed by atoms with Crippen molar-refractivity contribution in [2.24, 2.45) is 0 Å². The maximum Gasteiger partial charge on any atom is 0.0354 e. The summed E-state index contributed by atoms with van der Waals surface area (Å²) in [5.74, 6) is 0. The standard InChI is InChI=1S/C4H6S2/c1-5-3-4-6-2/h1-2H3/i1D3. The Balaban J connectivity index is 3.50. The Morgan fingerprint density at radius 3 is 2.67 bits per heavy atom. The first kappa shape index (κ1) is 2.54. The fourth-order valence-electron chi connectivity index (χ4n) is 0.0625. The Kier molecular flexibility index (Phi) is 2.23. The second-order valence-electron chi connectivity index (χ2n) is 0.510. The zero-order chi connectivity index (χ0) is 7.33. The van der Waals surface area contributed by atoms with Gasteiger partial charge in [0.25, 0.3) is 0 Å². The Morgan fingerprint density at radius 1 is 1.50 bits per heavy atom. The van der Waals surface area contributed by atoms with Crippen LogP contribution in [0.5, 0.6) is 0 Å². The molecular weight excluding hydrogens is 112 g/mol. The summed E-state index contributed by atoms with van der Waals surface area (Å²) in [5, 5.41) is 5.02. The van der Waals surface area contributed by atoms with E-state index in [1.165, 1.54) is 11.8 Å². The number of thioether (sulfide) groups is 2. The molecule has 0 nitrogen and oxygen atoms in total. The van der Waals surface area contributed by atoms with Crippen LogP contribution in [0.4, 0.5) is 0 Å². The van der Waals surface area contributed by atoms with E-state index in [0.29, 0.717) is 11.8 Å². The van der Waals surface area contributed by atoms with Gasteiger partial charge < -0.3 is 0 Å². The molecule has 0 aromatic rings. The van der Waals surface area contributed by atoms with E-state index >= 15 is 0 Å². The molecule has 0 saturated heterocycles. The van der Waals surface area contributed by atoms with Crippen LogP contribution in [0, 0.1) is 10.5 Å². The van der Waals surface area contributed by atoms with E-state index in [4.69, 9.17) is 4.11 Å². The highest BCUT2D eigenvalue weighted by Crippen LogP contribution is 1.89. The topological polar surface area (TPSA) is 0 Å². The fraction of sp³-hybridized carbons (Fsp3) is 0.500. The molecule has 0 saturated carbocycles. The lowest BCUT2D eigenvalue weighted by Crippen LogP contribution is -1.40. The highest BCUT2D eigenvalue weighted by molar-refractivity contribution is 8.06. The molecule has 0 heterocycles. The summed E-state index contributed by atoms with van der Waals surface area (Å²) in [4.78, 5) is 0. The summed E-state index contributed by atoms with van der Waals surface area (Å²) >= 11 is 1.99. The summed E-state index contributed by atoms with van der Waals surface area (Å²) in [7, 11) is 0. The molecule has 34 valence electrons. The van der Waals surface area contributed by atoms with Gasteiger partial charge in [-0.3, -0.25) is 0 Å². The highest BCUT2D eigenvalue weighted by atomic mass is 32.2. The van der Waals surface area contributed by atoms with Gasteiger partial charge in [-0.05, 0) is 22.9 Å².